The molecule has 0 aliphatic carbocycles. The number of hydrogen-bond donors (Lipinski definition) is 1. The Hall–Kier alpha value is -2.19. The Morgan fingerprint density at radius 3 is 2.83 bits per heavy atom. The number of nitrogens with zero attached hydrogens (tertiary/aromatic N) is 2. The molecule has 0 fully saturated rings. The number of anilines is 1. The van der Waals surface area contributed by atoms with Crippen molar-refractivity contribution in [1.82, 2.24) is 9.78 Å². The lowest BCUT2D eigenvalue weighted by molar-refractivity contribution is -0.119. The number of rotatable bonds is 6. The molecule has 0 atom stereocenters. The first kappa shape index (κ1) is 17.2. The Morgan fingerprint density at radius 1 is 1.39 bits per heavy atom. The summed E-state index contributed by atoms with van der Waals surface area (Å²) in [6.45, 7) is 1.80. The van der Waals surface area contributed by atoms with E-state index in [2.05, 4.69) is 26.3 Å². The molecule has 0 saturated heterocycles. The number of ether oxygens (including phenoxy) is 2. The van der Waals surface area contributed by atoms with Gasteiger partial charge in [-0.2, -0.15) is 5.10 Å². The van der Waals surface area contributed by atoms with E-state index in [0.717, 1.165) is 10.2 Å². The molecular weight excluding hydrogens is 366 g/mol. The fraction of sp³-hybridized carbons (Fsp3) is 0.267. The van der Waals surface area contributed by atoms with Gasteiger partial charge in [0, 0.05) is 11.6 Å². The van der Waals surface area contributed by atoms with E-state index in [9.17, 15) is 9.59 Å². The van der Waals surface area contributed by atoms with E-state index >= 15 is 0 Å². The third kappa shape index (κ3) is 4.40. The standard InChI is InChI=1S/C15H16BrN3O4/c1-3-23-15(21)14-12(17-13(20)9-22-2)8-19(18-14)11-6-4-5-10(16)7-11/h4-8H,3,9H2,1-2H3,(H,17,20). The SMILES string of the molecule is CCOC(=O)c1nn(-c2cccc(Br)c2)cc1NC(=O)COC. The molecule has 0 saturated carbocycles. The minimum atomic E-state index is -0.603. The molecule has 2 aromatic rings. The van der Waals surface area contributed by atoms with Crippen LogP contribution in [0.1, 0.15) is 17.4 Å². The highest BCUT2D eigenvalue weighted by Crippen LogP contribution is 2.20. The van der Waals surface area contributed by atoms with Crippen molar-refractivity contribution in [1.29, 1.82) is 0 Å². The maximum absolute atomic E-state index is 12.0. The predicted octanol–water partition coefficient (Wildman–Crippen LogP) is 2.40. The van der Waals surface area contributed by atoms with Crippen molar-refractivity contribution in [2.24, 2.45) is 0 Å². The van der Waals surface area contributed by atoms with Crippen LogP contribution in [0.5, 0.6) is 0 Å². The molecule has 122 valence electrons. The first-order valence-corrected chi connectivity index (χ1v) is 7.66. The van der Waals surface area contributed by atoms with Crippen molar-refractivity contribution in [3.05, 3.63) is 40.6 Å². The normalized spacial score (nSPS) is 10.4. The second-order valence-corrected chi connectivity index (χ2v) is 5.43. The summed E-state index contributed by atoms with van der Waals surface area (Å²) in [5.41, 5.74) is 1.04. The summed E-state index contributed by atoms with van der Waals surface area (Å²) in [5.74, 6) is -0.985. The van der Waals surface area contributed by atoms with Crippen molar-refractivity contribution < 1.29 is 19.1 Å². The second-order valence-electron chi connectivity index (χ2n) is 4.52. The molecule has 1 N–H and O–H groups in total. The van der Waals surface area contributed by atoms with E-state index in [1.54, 1.807) is 13.1 Å². The Morgan fingerprint density at radius 2 is 2.17 bits per heavy atom. The van der Waals surface area contributed by atoms with Gasteiger partial charge in [-0.25, -0.2) is 9.48 Å². The van der Waals surface area contributed by atoms with Gasteiger partial charge in [0.2, 0.25) is 5.91 Å². The van der Waals surface area contributed by atoms with Crippen LogP contribution < -0.4 is 5.32 Å². The molecule has 1 heterocycles. The van der Waals surface area contributed by atoms with Crippen LogP contribution in [0.15, 0.2) is 34.9 Å². The van der Waals surface area contributed by atoms with Gasteiger partial charge in [0.15, 0.2) is 5.69 Å². The number of aromatic nitrogens is 2. The predicted molar refractivity (Wildman–Crippen MR) is 87.7 cm³/mol. The van der Waals surface area contributed by atoms with Crippen LogP contribution in [0.2, 0.25) is 0 Å². The van der Waals surface area contributed by atoms with Crippen molar-refractivity contribution in [2.45, 2.75) is 6.92 Å². The average molecular weight is 382 g/mol. The van der Waals surface area contributed by atoms with Crippen LogP contribution in [0.3, 0.4) is 0 Å². The number of hydrogen-bond acceptors (Lipinski definition) is 5. The van der Waals surface area contributed by atoms with Gasteiger partial charge in [0.05, 0.1) is 24.2 Å². The number of halogens is 1. The van der Waals surface area contributed by atoms with E-state index in [4.69, 9.17) is 9.47 Å². The van der Waals surface area contributed by atoms with Crippen LogP contribution in [0, 0.1) is 0 Å². The van der Waals surface area contributed by atoms with Gasteiger partial charge in [0.1, 0.15) is 6.61 Å². The average Bonchev–Trinajstić information content (AvgIpc) is 2.91. The smallest absolute Gasteiger partial charge is 0.361 e. The number of esters is 1. The van der Waals surface area contributed by atoms with Crippen LogP contribution in [0.25, 0.3) is 5.69 Å². The summed E-state index contributed by atoms with van der Waals surface area (Å²) in [4.78, 5) is 23.7. The molecule has 8 heteroatoms. The largest absolute Gasteiger partial charge is 0.461 e. The Kier molecular flexibility index (Phi) is 5.89. The number of nitrogens with one attached hydrogen (secondary N) is 1. The molecule has 0 spiro atoms. The molecule has 2 rings (SSSR count). The summed E-state index contributed by atoms with van der Waals surface area (Å²) in [6.07, 6.45) is 1.56. The summed E-state index contributed by atoms with van der Waals surface area (Å²) < 4.78 is 12.1. The number of carbonyl (C=O) groups is 2. The van der Waals surface area contributed by atoms with E-state index in [-0.39, 0.29) is 30.5 Å². The molecular formula is C15H16BrN3O4. The quantitative estimate of drug-likeness (QED) is 0.776. The highest BCUT2D eigenvalue weighted by atomic mass is 79.9. The fourth-order valence-corrected chi connectivity index (χ4v) is 2.27. The molecule has 1 aromatic carbocycles. The van der Waals surface area contributed by atoms with Crippen molar-refractivity contribution >= 4 is 33.5 Å². The third-order valence-electron chi connectivity index (χ3n) is 2.81. The van der Waals surface area contributed by atoms with E-state index in [1.807, 2.05) is 24.3 Å². The molecule has 0 aliphatic rings. The first-order valence-electron chi connectivity index (χ1n) is 6.86. The zero-order valence-corrected chi connectivity index (χ0v) is 14.3. The van der Waals surface area contributed by atoms with Crippen molar-refractivity contribution in [3.63, 3.8) is 0 Å². The lowest BCUT2D eigenvalue weighted by atomic mass is 10.3. The van der Waals surface area contributed by atoms with Crippen LogP contribution >= 0.6 is 15.9 Å². The summed E-state index contributed by atoms with van der Waals surface area (Å²) in [7, 11) is 1.41. The summed E-state index contributed by atoms with van der Waals surface area (Å²) >= 11 is 3.38. The molecule has 7 nitrogen and oxygen atoms in total. The van der Waals surface area contributed by atoms with Crippen molar-refractivity contribution in [2.75, 3.05) is 25.6 Å². The Labute approximate surface area is 141 Å². The second kappa shape index (κ2) is 7.89. The van der Waals surface area contributed by atoms with E-state index < -0.39 is 5.97 Å². The molecule has 0 unspecified atom stereocenters. The lowest BCUT2D eigenvalue weighted by Crippen LogP contribution is -2.19. The molecule has 0 aliphatic heterocycles. The van der Waals surface area contributed by atoms with Gasteiger partial charge in [-0.3, -0.25) is 4.79 Å². The monoisotopic (exact) mass is 381 g/mol. The molecule has 1 aromatic heterocycles. The number of amides is 1. The summed E-state index contributed by atoms with van der Waals surface area (Å²) in [6, 6.07) is 7.38. The maximum atomic E-state index is 12.0. The minimum Gasteiger partial charge on any atom is -0.461 e. The topological polar surface area (TPSA) is 82.5 Å². The number of methoxy groups -OCH3 is 1. The molecule has 1 amide bonds. The molecule has 0 radical (unpaired) electrons. The highest BCUT2D eigenvalue weighted by Gasteiger charge is 2.20. The van der Waals surface area contributed by atoms with Crippen LogP contribution in [0.4, 0.5) is 5.69 Å². The van der Waals surface area contributed by atoms with Gasteiger partial charge >= 0.3 is 5.97 Å². The minimum absolute atomic E-state index is 0.0382. The van der Waals surface area contributed by atoms with Crippen LogP contribution in [-0.4, -0.2) is 42.0 Å². The lowest BCUT2D eigenvalue weighted by Gasteiger charge is -2.03. The zero-order valence-electron chi connectivity index (χ0n) is 12.7. The number of carbonyl (C=O) groups excluding carboxylic acids is 2. The van der Waals surface area contributed by atoms with E-state index in [0.29, 0.717) is 0 Å². The molecule has 0 bridgehead atoms. The third-order valence-corrected chi connectivity index (χ3v) is 3.30. The van der Waals surface area contributed by atoms with Gasteiger partial charge < -0.3 is 14.8 Å². The summed E-state index contributed by atoms with van der Waals surface area (Å²) in [5, 5.41) is 6.81. The number of benzene rings is 1. The zero-order chi connectivity index (χ0) is 16.8. The Balaban J connectivity index is 2.38. The van der Waals surface area contributed by atoms with Gasteiger partial charge in [-0.05, 0) is 25.1 Å². The fourth-order valence-electron chi connectivity index (χ4n) is 1.88. The highest BCUT2D eigenvalue weighted by molar-refractivity contribution is 9.10. The Bertz CT molecular complexity index is 714. The first-order chi connectivity index (χ1) is 11.0. The van der Waals surface area contributed by atoms with Gasteiger partial charge in [-0.1, -0.05) is 22.0 Å². The van der Waals surface area contributed by atoms with Gasteiger partial charge in [0.25, 0.3) is 0 Å². The van der Waals surface area contributed by atoms with E-state index in [1.165, 1.54) is 11.8 Å². The molecule has 23 heavy (non-hydrogen) atoms. The van der Waals surface area contributed by atoms with Crippen molar-refractivity contribution in [3.8, 4) is 5.69 Å². The maximum Gasteiger partial charge on any atom is 0.361 e. The van der Waals surface area contributed by atoms with Gasteiger partial charge in [-0.15, -0.1) is 0 Å². The van der Waals surface area contributed by atoms with Crippen LogP contribution in [-0.2, 0) is 14.3 Å².